The van der Waals surface area contributed by atoms with Crippen molar-refractivity contribution in [3.05, 3.63) is 12.3 Å². The maximum absolute atomic E-state index is 4.07. The van der Waals surface area contributed by atoms with Crippen LogP contribution in [0.25, 0.3) is 0 Å². The summed E-state index contributed by atoms with van der Waals surface area (Å²) < 4.78 is 1.84. The number of nitrogens with one attached hydrogen (secondary N) is 1. The summed E-state index contributed by atoms with van der Waals surface area (Å²) in [6, 6.07) is 1.98. The second-order valence-electron chi connectivity index (χ2n) is 4.25. The first-order valence-corrected chi connectivity index (χ1v) is 4.21. The topological polar surface area (TPSA) is 29.9 Å². The summed E-state index contributed by atoms with van der Waals surface area (Å²) >= 11 is 0. The van der Waals surface area contributed by atoms with Gasteiger partial charge in [0.05, 0.1) is 6.20 Å². The molecule has 0 aliphatic carbocycles. The Morgan fingerprint density at radius 1 is 1.50 bits per heavy atom. The van der Waals surface area contributed by atoms with Crippen molar-refractivity contribution in [2.24, 2.45) is 12.5 Å². The molecular formula is C9H17N3. The van der Waals surface area contributed by atoms with Crippen molar-refractivity contribution in [2.45, 2.75) is 20.8 Å². The summed E-state index contributed by atoms with van der Waals surface area (Å²) in [7, 11) is 1.94. The van der Waals surface area contributed by atoms with Gasteiger partial charge in [-0.15, -0.1) is 0 Å². The third-order valence-corrected chi connectivity index (χ3v) is 1.62. The van der Waals surface area contributed by atoms with Crippen LogP contribution in [-0.4, -0.2) is 16.3 Å². The number of hydrogen-bond donors (Lipinski definition) is 1. The van der Waals surface area contributed by atoms with Gasteiger partial charge in [-0.3, -0.25) is 4.68 Å². The van der Waals surface area contributed by atoms with E-state index >= 15 is 0 Å². The molecule has 0 aromatic carbocycles. The van der Waals surface area contributed by atoms with E-state index in [1.54, 1.807) is 6.20 Å². The van der Waals surface area contributed by atoms with Crippen molar-refractivity contribution in [3.63, 3.8) is 0 Å². The zero-order valence-corrected chi connectivity index (χ0v) is 8.26. The second-order valence-corrected chi connectivity index (χ2v) is 4.25. The number of anilines is 1. The summed E-state index contributed by atoms with van der Waals surface area (Å²) in [6.45, 7) is 7.58. The molecule has 12 heavy (non-hydrogen) atoms. The number of nitrogens with zero attached hydrogens (tertiary/aromatic N) is 2. The molecule has 0 saturated heterocycles. The highest BCUT2D eigenvalue weighted by Crippen LogP contribution is 2.14. The summed E-state index contributed by atoms with van der Waals surface area (Å²) in [5.74, 6) is 1.07. The molecule has 0 bridgehead atoms. The molecule has 1 N–H and O–H groups in total. The lowest BCUT2D eigenvalue weighted by Crippen LogP contribution is -2.20. The van der Waals surface area contributed by atoms with Crippen molar-refractivity contribution >= 4 is 5.82 Å². The average molecular weight is 167 g/mol. The number of hydrogen-bond acceptors (Lipinski definition) is 2. The summed E-state index contributed by atoms with van der Waals surface area (Å²) in [6.07, 6.45) is 1.80. The third kappa shape index (κ3) is 2.57. The van der Waals surface area contributed by atoms with E-state index < -0.39 is 0 Å². The number of rotatable bonds is 2. The zero-order chi connectivity index (χ0) is 9.19. The van der Waals surface area contributed by atoms with Gasteiger partial charge in [-0.1, -0.05) is 20.8 Å². The molecule has 1 aromatic rings. The Bertz CT molecular complexity index is 245. The van der Waals surface area contributed by atoms with Crippen LogP contribution in [0.5, 0.6) is 0 Å². The van der Waals surface area contributed by atoms with E-state index in [0.29, 0.717) is 5.41 Å². The minimum atomic E-state index is 0.310. The molecule has 1 aromatic heterocycles. The molecule has 0 saturated carbocycles. The molecule has 0 fully saturated rings. The van der Waals surface area contributed by atoms with E-state index in [0.717, 1.165) is 12.4 Å². The van der Waals surface area contributed by atoms with Crippen LogP contribution >= 0.6 is 0 Å². The Morgan fingerprint density at radius 2 is 2.17 bits per heavy atom. The van der Waals surface area contributed by atoms with Gasteiger partial charge in [0.1, 0.15) is 5.82 Å². The van der Waals surface area contributed by atoms with Gasteiger partial charge in [-0.2, -0.15) is 5.10 Å². The normalized spacial score (nSPS) is 11.7. The molecule has 0 aliphatic rings. The van der Waals surface area contributed by atoms with Gasteiger partial charge in [0.15, 0.2) is 0 Å². The van der Waals surface area contributed by atoms with Crippen molar-refractivity contribution < 1.29 is 0 Å². The Hall–Kier alpha value is -0.990. The quantitative estimate of drug-likeness (QED) is 0.728. The lowest BCUT2D eigenvalue weighted by atomic mass is 9.97. The van der Waals surface area contributed by atoms with Crippen LogP contribution in [0.2, 0.25) is 0 Å². The molecule has 0 aliphatic heterocycles. The first kappa shape index (κ1) is 9.10. The van der Waals surface area contributed by atoms with Gasteiger partial charge in [-0.05, 0) is 5.41 Å². The maximum atomic E-state index is 4.07. The molecule has 0 unspecified atom stereocenters. The molecule has 0 atom stereocenters. The molecule has 1 rings (SSSR count). The lowest BCUT2D eigenvalue weighted by Gasteiger charge is -2.19. The predicted molar refractivity (Wildman–Crippen MR) is 51.2 cm³/mol. The molecule has 68 valence electrons. The Kier molecular flexibility index (Phi) is 2.40. The minimum Gasteiger partial charge on any atom is -0.370 e. The maximum Gasteiger partial charge on any atom is 0.123 e. The highest BCUT2D eigenvalue weighted by Gasteiger charge is 2.09. The Balaban J connectivity index is 2.49. The van der Waals surface area contributed by atoms with E-state index in [1.165, 1.54) is 0 Å². The van der Waals surface area contributed by atoms with Crippen LogP contribution in [0.1, 0.15) is 20.8 Å². The van der Waals surface area contributed by atoms with E-state index in [-0.39, 0.29) is 0 Å². The van der Waals surface area contributed by atoms with E-state index in [1.807, 2.05) is 17.8 Å². The van der Waals surface area contributed by atoms with E-state index in [9.17, 15) is 0 Å². The van der Waals surface area contributed by atoms with Gasteiger partial charge in [0.2, 0.25) is 0 Å². The molecule has 3 heteroatoms. The highest BCUT2D eigenvalue weighted by atomic mass is 15.3. The van der Waals surface area contributed by atoms with Crippen LogP contribution in [0.3, 0.4) is 0 Å². The molecule has 0 radical (unpaired) electrons. The van der Waals surface area contributed by atoms with Gasteiger partial charge in [-0.25, -0.2) is 0 Å². The zero-order valence-electron chi connectivity index (χ0n) is 8.26. The van der Waals surface area contributed by atoms with Gasteiger partial charge in [0, 0.05) is 19.7 Å². The first-order valence-electron chi connectivity index (χ1n) is 4.21. The Morgan fingerprint density at radius 3 is 2.58 bits per heavy atom. The first-order chi connectivity index (χ1) is 5.49. The van der Waals surface area contributed by atoms with E-state index in [2.05, 4.69) is 31.2 Å². The smallest absolute Gasteiger partial charge is 0.123 e. The number of aryl methyl sites for hydroxylation is 1. The summed E-state index contributed by atoms with van der Waals surface area (Å²) in [4.78, 5) is 0. The third-order valence-electron chi connectivity index (χ3n) is 1.62. The van der Waals surface area contributed by atoms with Crippen molar-refractivity contribution in [1.29, 1.82) is 0 Å². The van der Waals surface area contributed by atoms with Gasteiger partial charge >= 0.3 is 0 Å². The summed E-state index contributed by atoms with van der Waals surface area (Å²) in [5.41, 5.74) is 0.310. The lowest BCUT2D eigenvalue weighted by molar-refractivity contribution is 0.441. The molecule has 1 heterocycles. The summed E-state index contributed by atoms with van der Waals surface area (Å²) in [5, 5.41) is 7.40. The molecule has 0 amide bonds. The van der Waals surface area contributed by atoms with Crippen molar-refractivity contribution in [1.82, 2.24) is 9.78 Å². The van der Waals surface area contributed by atoms with Crippen LogP contribution in [0.15, 0.2) is 12.3 Å². The van der Waals surface area contributed by atoms with Crippen LogP contribution < -0.4 is 5.32 Å². The van der Waals surface area contributed by atoms with Crippen LogP contribution in [0, 0.1) is 5.41 Å². The monoisotopic (exact) mass is 167 g/mol. The standard InChI is InChI=1S/C9H17N3/c1-9(2,3)7-10-8-5-6-11-12(8)4/h5-6,10H,7H2,1-4H3. The SMILES string of the molecule is Cn1nccc1NCC(C)(C)C. The van der Waals surface area contributed by atoms with Crippen molar-refractivity contribution in [2.75, 3.05) is 11.9 Å². The van der Waals surface area contributed by atoms with Gasteiger partial charge in [0.25, 0.3) is 0 Å². The number of aromatic nitrogens is 2. The average Bonchev–Trinajstić information content (AvgIpc) is 2.29. The fourth-order valence-electron chi connectivity index (χ4n) is 0.903. The minimum absolute atomic E-state index is 0.310. The predicted octanol–water partition coefficient (Wildman–Crippen LogP) is 1.88. The molecule has 3 nitrogen and oxygen atoms in total. The van der Waals surface area contributed by atoms with Gasteiger partial charge < -0.3 is 5.32 Å². The molecule has 0 spiro atoms. The fraction of sp³-hybridized carbons (Fsp3) is 0.667. The van der Waals surface area contributed by atoms with E-state index in [4.69, 9.17) is 0 Å². The van der Waals surface area contributed by atoms with Crippen LogP contribution in [0.4, 0.5) is 5.82 Å². The fourth-order valence-corrected chi connectivity index (χ4v) is 0.903. The second kappa shape index (κ2) is 3.17. The largest absolute Gasteiger partial charge is 0.370 e. The van der Waals surface area contributed by atoms with Crippen molar-refractivity contribution in [3.8, 4) is 0 Å². The molecular weight excluding hydrogens is 150 g/mol. The van der Waals surface area contributed by atoms with Crippen LogP contribution in [-0.2, 0) is 7.05 Å². The Labute approximate surface area is 73.8 Å². The highest BCUT2D eigenvalue weighted by molar-refractivity contribution is 5.33.